The lowest BCUT2D eigenvalue weighted by molar-refractivity contribution is 0.0947. The van der Waals surface area contributed by atoms with Gasteiger partial charge in [0.25, 0.3) is 11.5 Å². The summed E-state index contributed by atoms with van der Waals surface area (Å²) in [6.07, 6.45) is 5.04. The van der Waals surface area contributed by atoms with E-state index < -0.39 is 0 Å². The molecule has 0 radical (unpaired) electrons. The van der Waals surface area contributed by atoms with E-state index in [4.69, 9.17) is 0 Å². The van der Waals surface area contributed by atoms with Crippen molar-refractivity contribution in [3.05, 3.63) is 53.0 Å². The zero-order valence-corrected chi connectivity index (χ0v) is 9.09. The number of amides is 1. The number of carbonyl (C=O) groups excluding carboxylic acids is 1. The molecule has 6 nitrogen and oxygen atoms in total. The van der Waals surface area contributed by atoms with Gasteiger partial charge in [-0.1, -0.05) is 0 Å². The molecule has 0 atom stereocenters. The van der Waals surface area contributed by atoms with Crippen molar-refractivity contribution < 1.29 is 4.79 Å². The van der Waals surface area contributed by atoms with E-state index in [1.54, 1.807) is 0 Å². The monoisotopic (exact) mass is 232 g/mol. The Balaban J connectivity index is 1.87. The molecule has 0 aromatic carbocycles. The summed E-state index contributed by atoms with van der Waals surface area (Å²) in [7, 11) is 0. The maximum atomic E-state index is 11.6. The van der Waals surface area contributed by atoms with Crippen LogP contribution in [0.2, 0.25) is 0 Å². The fraction of sp³-hybridized carbons (Fsp3) is 0.182. The average molecular weight is 232 g/mol. The van der Waals surface area contributed by atoms with Gasteiger partial charge in [-0.15, -0.1) is 0 Å². The van der Waals surface area contributed by atoms with Gasteiger partial charge in [-0.25, -0.2) is 4.98 Å². The summed E-state index contributed by atoms with van der Waals surface area (Å²) in [5.74, 6) is -0.344. The topological polar surface area (TPSA) is 79.8 Å². The molecule has 6 heteroatoms. The molecule has 0 saturated carbocycles. The van der Waals surface area contributed by atoms with Crippen LogP contribution in [0.1, 0.15) is 10.5 Å². The van der Waals surface area contributed by atoms with Crippen LogP contribution < -0.4 is 10.9 Å². The predicted octanol–water partition coefficient (Wildman–Crippen LogP) is 0.00140. The summed E-state index contributed by atoms with van der Waals surface area (Å²) in [5, 5.41) is 2.69. The number of aromatic amines is 1. The highest BCUT2D eigenvalue weighted by atomic mass is 16.2. The second-order valence-electron chi connectivity index (χ2n) is 3.47. The fourth-order valence-corrected chi connectivity index (χ4v) is 1.40. The Morgan fingerprint density at radius 1 is 1.41 bits per heavy atom. The summed E-state index contributed by atoms with van der Waals surface area (Å²) in [5.41, 5.74) is -0.211. The first-order valence-electron chi connectivity index (χ1n) is 5.19. The van der Waals surface area contributed by atoms with Gasteiger partial charge in [0.2, 0.25) is 0 Å². The molecule has 0 saturated heterocycles. The van der Waals surface area contributed by atoms with Crippen LogP contribution in [0.3, 0.4) is 0 Å². The SMILES string of the molecule is O=C(NCCn1cccc1)c1cc(=O)[nH]cn1. The molecule has 17 heavy (non-hydrogen) atoms. The number of carbonyl (C=O) groups is 1. The molecule has 0 aliphatic heterocycles. The molecule has 1 amide bonds. The van der Waals surface area contributed by atoms with Gasteiger partial charge in [-0.05, 0) is 12.1 Å². The number of aromatic nitrogens is 3. The quantitative estimate of drug-likeness (QED) is 0.778. The van der Waals surface area contributed by atoms with E-state index >= 15 is 0 Å². The maximum absolute atomic E-state index is 11.6. The Hall–Kier alpha value is -2.37. The molecular weight excluding hydrogens is 220 g/mol. The van der Waals surface area contributed by atoms with Gasteiger partial charge >= 0.3 is 0 Å². The van der Waals surface area contributed by atoms with Gasteiger partial charge in [-0.3, -0.25) is 9.59 Å². The Morgan fingerprint density at radius 2 is 2.18 bits per heavy atom. The van der Waals surface area contributed by atoms with E-state index in [9.17, 15) is 9.59 Å². The first-order valence-corrected chi connectivity index (χ1v) is 5.19. The van der Waals surface area contributed by atoms with E-state index in [1.165, 1.54) is 12.4 Å². The third kappa shape index (κ3) is 3.04. The lowest BCUT2D eigenvalue weighted by Crippen LogP contribution is -2.28. The van der Waals surface area contributed by atoms with E-state index in [0.29, 0.717) is 13.1 Å². The molecule has 2 aromatic rings. The molecule has 88 valence electrons. The Labute approximate surface area is 97.3 Å². The van der Waals surface area contributed by atoms with Crippen LogP contribution in [0.25, 0.3) is 0 Å². The van der Waals surface area contributed by atoms with Gasteiger partial charge in [0.1, 0.15) is 5.69 Å². The second-order valence-corrected chi connectivity index (χ2v) is 3.47. The van der Waals surface area contributed by atoms with E-state index in [0.717, 1.165) is 0 Å². The minimum atomic E-state index is -0.344. The molecule has 0 spiro atoms. The van der Waals surface area contributed by atoms with Crippen molar-refractivity contribution in [3.63, 3.8) is 0 Å². The second kappa shape index (κ2) is 5.11. The van der Waals surface area contributed by atoms with E-state index in [2.05, 4.69) is 15.3 Å². The zero-order chi connectivity index (χ0) is 12.1. The molecule has 2 aromatic heterocycles. The number of nitrogens with one attached hydrogen (secondary N) is 2. The molecule has 0 fully saturated rings. The van der Waals surface area contributed by atoms with Crippen molar-refractivity contribution in [1.82, 2.24) is 19.9 Å². The standard InChI is InChI=1S/C11H12N4O2/c16-10-7-9(13-8-14-10)11(17)12-3-6-15-4-1-2-5-15/h1-2,4-5,7-8H,3,6H2,(H,12,17)(H,13,14,16). The van der Waals surface area contributed by atoms with Crippen LogP contribution in [0.4, 0.5) is 0 Å². The molecule has 0 aliphatic carbocycles. The molecule has 2 heterocycles. The van der Waals surface area contributed by atoms with Crippen LogP contribution in [-0.2, 0) is 6.54 Å². The highest BCUT2D eigenvalue weighted by Gasteiger charge is 2.06. The molecule has 0 unspecified atom stereocenters. The third-order valence-electron chi connectivity index (χ3n) is 2.23. The number of hydrogen-bond donors (Lipinski definition) is 2. The summed E-state index contributed by atoms with van der Waals surface area (Å²) in [6.45, 7) is 1.17. The molecule has 2 rings (SSSR count). The van der Waals surface area contributed by atoms with E-state index in [-0.39, 0.29) is 17.2 Å². The van der Waals surface area contributed by atoms with Gasteiger partial charge in [0, 0.05) is 31.5 Å². The largest absolute Gasteiger partial charge is 0.353 e. The predicted molar refractivity (Wildman–Crippen MR) is 61.6 cm³/mol. The van der Waals surface area contributed by atoms with Crippen LogP contribution in [0.15, 0.2) is 41.7 Å². The minimum absolute atomic E-state index is 0.126. The van der Waals surface area contributed by atoms with Crippen molar-refractivity contribution in [3.8, 4) is 0 Å². The van der Waals surface area contributed by atoms with Crippen LogP contribution in [0.5, 0.6) is 0 Å². The molecule has 0 aliphatic rings. The number of rotatable bonds is 4. The summed E-state index contributed by atoms with van der Waals surface area (Å²) in [4.78, 5) is 28.7. The van der Waals surface area contributed by atoms with Crippen LogP contribution in [-0.4, -0.2) is 27.0 Å². The summed E-state index contributed by atoms with van der Waals surface area (Å²) in [6, 6.07) is 5.01. The van der Waals surface area contributed by atoms with Crippen molar-refractivity contribution in [1.29, 1.82) is 0 Å². The number of H-pyrrole nitrogens is 1. The Morgan fingerprint density at radius 3 is 2.88 bits per heavy atom. The van der Waals surface area contributed by atoms with Crippen molar-refractivity contribution in [2.24, 2.45) is 0 Å². The smallest absolute Gasteiger partial charge is 0.270 e. The lowest BCUT2D eigenvalue weighted by Gasteiger charge is -2.05. The van der Waals surface area contributed by atoms with Gasteiger partial charge in [0.05, 0.1) is 6.33 Å². The normalized spacial score (nSPS) is 10.1. The number of hydrogen-bond acceptors (Lipinski definition) is 3. The lowest BCUT2D eigenvalue weighted by atomic mass is 10.4. The Kier molecular flexibility index (Phi) is 3.34. The van der Waals surface area contributed by atoms with Gasteiger partial charge < -0.3 is 14.9 Å². The summed E-state index contributed by atoms with van der Waals surface area (Å²) >= 11 is 0. The first kappa shape index (κ1) is 11.1. The van der Waals surface area contributed by atoms with Crippen molar-refractivity contribution in [2.75, 3.05) is 6.54 Å². The van der Waals surface area contributed by atoms with Crippen LogP contribution >= 0.6 is 0 Å². The highest BCUT2D eigenvalue weighted by Crippen LogP contribution is 1.90. The maximum Gasteiger partial charge on any atom is 0.270 e. The zero-order valence-electron chi connectivity index (χ0n) is 9.09. The average Bonchev–Trinajstić information content (AvgIpc) is 2.82. The molecular formula is C11H12N4O2. The van der Waals surface area contributed by atoms with Crippen LogP contribution in [0, 0.1) is 0 Å². The van der Waals surface area contributed by atoms with Crippen molar-refractivity contribution >= 4 is 5.91 Å². The summed E-state index contributed by atoms with van der Waals surface area (Å²) < 4.78 is 1.95. The highest BCUT2D eigenvalue weighted by molar-refractivity contribution is 5.91. The van der Waals surface area contributed by atoms with E-state index in [1.807, 2.05) is 29.1 Å². The molecule has 0 bridgehead atoms. The van der Waals surface area contributed by atoms with Gasteiger partial charge in [0.15, 0.2) is 0 Å². The first-order chi connectivity index (χ1) is 8.25. The number of nitrogens with zero attached hydrogens (tertiary/aromatic N) is 2. The molecule has 2 N–H and O–H groups in total. The third-order valence-corrected chi connectivity index (χ3v) is 2.23. The van der Waals surface area contributed by atoms with Gasteiger partial charge in [-0.2, -0.15) is 0 Å². The Bertz CT molecular complexity index is 545. The fourth-order valence-electron chi connectivity index (χ4n) is 1.40. The minimum Gasteiger partial charge on any atom is -0.353 e. The van der Waals surface area contributed by atoms with Crippen molar-refractivity contribution in [2.45, 2.75) is 6.54 Å².